The zero-order valence-electron chi connectivity index (χ0n) is 26.4. The third-order valence-corrected chi connectivity index (χ3v) is 8.85. The third kappa shape index (κ3) is 9.25. The maximum absolute atomic E-state index is 13.3. The van der Waals surface area contributed by atoms with Crippen molar-refractivity contribution in [1.29, 1.82) is 0 Å². The largest absolute Gasteiger partial charge is 0.459 e. The van der Waals surface area contributed by atoms with E-state index in [1.807, 2.05) is 18.2 Å². The molecule has 1 atom stereocenters. The van der Waals surface area contributed by atoms with Crippen molar-refractivity contribution in [2.75, 3.05) is 19.6 Å². The highest BCUT2D eigenvalue weighted by Crippen LogP contribution is 2.34. The van der Waals surface area contributed by atoms with Crippen LogP contribution in [0.2, 0.25) is 0 Å². The van der Waals surface area contributed by atoms with Gasteiger partial charge in [0.2, 0.25) is 0 Å². The highest BCUT2D eigenvalue weighted by molar-refractivity contribution is 6.01. The number of nitrogens with one attached hydrogen (secondary N) is 1. The summed E-state index contributed by atoms with van der Waals surface area (Å²) in [4.78, 5) is 36.6. The van der Waals surface area contributed by atoms with Crippen LogP contribution >= 0.6 is 0 Å². The fourth-order valence-electron chi connectivity index (χ4n) is 6.13. The number of benzene rings is 3. The van der Waals surface area contributed by atoms with E-state index in [-0.39, 0.29) is 30.9 Å². The van der Waals surface area contributed by atoms with E-state index in [1.165, 1.54) is 18.5 Å². The molecule has 1 aromatic heterocycles. The van der Waals surface area contributed by atoms with E-state index in [0.717, 1.165) is 63.0 Å². The van der Waals surface area contributed by atoms with E-state index < -0.39 is 17.2 Å². The molecule has 3 aromatic carbocycles. The highest BCUT2D eigenvalue weighted by atomic mass is 19.4. The molecule has 1 fully saturated rings. The summed E-state index contributed by atoms with van der Waals surface area (Å²) in [6, 6.07) is 23.6. The second-order valence-electron chi connectivity index (χ2n) is 12.3. The summed E-state index contributed by atoms with van der Waals surface area (Å²) in [6.07, 6.45) is 2.16. The average molecular weight is 645 g/mol. The molecule has 1 aliphatic heterocycles. The molecule has 246 valence electrons. The first kappa shape index (κ1) is 33.8. The highest BCUT2D eigenvalue weighted by Gasteiger charge is 2.32. The molecule has 1 aliphatic rings. The van der Waals surface area contributed by atoms with Crippen LogP contribution in [0.5, 0.6) is 0 Å². The maximum atomic E-state index is 13.3. The van der Waals surface area contributed by atoms with Gasteiger partial charge in [-0.1, -0.05) is 67.6 Å². The molecule has 1 saturated heterocycles. The molecule has 0 radical (unpaired) electrons. The standard InChI is InChI=1S/C37H39F3N4O3/c1-36(28-8-3-2-4-9-28,24-34(45)47-25-31-16-20-41-26-42-31)19-7-21-44-22-17-30(18-23-44)43-35(46)33-11-6-5-10-32(33)27-12-14-29(15-13-27)37(38,39)40/h2-6,8-16,20,26,30H,7,17-19,21-25H2,1H3,(H,43,46). The van der Waals surface area contributed by atoms with Gasteiger partial charge in [0.15, 0.2) is 0 Å². The average Bonchev–Trinajstić information content (AvgIpc) is 3.08. The molecule has 1 N–H and O–H groups in total. The lowest BCUT2D eigenvalue weighted by molar-refractivity contribution is -0.146. The van der Waals surface area contributed by atoms with Gasteiger partial charge in [0.25, 0.3) is 5.91 Å². The Morgan fingerprint density at radius 3 is 2.30 bits per heavy atom. The zero-order chi connectivity index (χ0) is 33.3. The molecule has 0 spiro atoms. The molecule has 47 heavy (non-hydrogen) atoms. The lowest BCUT2D eigenvalue weighted by Gasteiger charge is -2.34. The van der Waals surface area contributed by atoms with Gasteiger partial charge in [0, 0.05) is 36.3 Å². The SMILES string of the molecule is CC(CCCN1CCC(NC(=O)c2ccccc2-c2ccc(C(F)(F)F)cc2)CC1)(CC(=O)OCc1ccncn1)c1ccccc1. The van der Waals surface area contributed by atoms with Crippen LogP contribution in [-0.2, 0) is 27.7 Å². The van der Waals surface area contributed by atoms with Gasteiger partial charge in [-0.15, -0.1) is 0 Å². The zero-order valence-corrected chi connectivity index (χ0v) is 26.4. The number of alkyl halides is 3. The number of aromatic nitrogens is 2. The van der Waals surface area contributed by atoms with Gasteiger partial charge in [0.05, 0.1) is 17.7 Å². The van der Waals surface area contributed by atoms with E-state index >= 15 is 0 Å². The minimum atomic E-state index is -4.42. The lowest BCUT2D eigenvalue weighted by Crippen LogP contribution is -2.45. The number of hydrogen-bond acceptors (Lipinski definition) is 6. The second kappa shape index (κ2) is 15.3. The Labute approximate surface area is 273 Å². The predicted molar refractivity (Wildman–Crippen MR) is 173 cm³/mol. The normalized spacial score (nSPS) is 15.5. The van der Waals surface area contributed by atoms with E-state index in [1.54, 1.807) is 36.5 Å². The smallest absolute Gasteiger partial charge is 0.416 e. The number of carbonyl (C=O) groups is 2. The maximum Gasteiger partial charge on any atom is 0.416 e. The number of ether oxygens (including phenoxy) is 1. The third-order valence-electron chi connectivity index (χ3n) is 8.85. The monoisotopic (exact) mass is 644 g/mol. The second-order valence-corrected chi connectivity index (χ2v) is 12.3. The van der Waals surface area contributed by atoms with Gasteiger partial charge >= 0.3 is 12.1 Å². The van der Waals surface area contributed by atoms with Crippen LogP contribution in [0.25, 0.3) is 11.1 Å². The van der Waals surface area contributed by atoms with E-state index in [0.29, 0.717) is 22.4 Å². The van der Waals surface area contributed by atoms with Gasteiger partial charge in [-0.2, -0.15) is 13.2 Å². The molecule has 0 aliphatic carbocycles. The molecule has 4 aromatic rings. The quantitative estimate of drug-likeness (QED) is 0.164. The van der Waals surface area contributed by atoms with Crippen molar-refractivity contribution in [3.63, 3.8) is 0 Å². The Bertz CT molecular complexity index is 1610. The Balaban J connectivity index is 1.12. The molecule has 7 nitrogen and oxygen atoms in total. The summed E-state index contributed by atoms with van der Waals surface area (Å²) in [7, 11) is 0. The van der Waals surface area contributed by atoms with E-state index in [4.69, 9.17) is 4.74 Å². The van der Waals surface area contributed by atoms with Gasteiger partial charge in [-0.3, -0.25) is 9.59 Å². The Kier molecular flexibility index (Phi) is 11.0. The van der Waals surface area contributed by atoms with Gasteiger partial charge in [-0.25, -0.2) is 9.97 Å². The molecule has 1 unspecified atom stereocenters. The number of hydrogen-bond donors (Lipinski definition) is 1. The van der Waals surface area contributed by atoms with Crippen LogP contribution in [0.3, 0.4) is 0 Å². The van der Waals surface area contributed by atoms with E-state index in [2.05, 4.69) is 39.2 Å². The minimum Gasteiger partial charge on any atom is -0.459 e. The lowest BCUT2D eigenvalue weighted by atomic mass is 9.76. The first-order chi connectivity index (χ1) is 22.6. The fraction of sp³-hybridized carbons (Fsp3) is 0.351. The van der Waals surface area contributed by atoms with Gasteiger partial charge in [0.1, 0.15) is 12.9 Å². The number of rotatable bonds is 12. The van der Waals surface area contributed by atoms with Gasteiger partial charge in [-0.05, 0) is 73.2 Å². The summed E-state index contributed by atoms with van der Waals surface area (Å²) in [6.45, 7) is 4.75. The molecular formula is C37H39F3N4O3. The van der Waals surface area contributed by atoms with Gasteiger partial charge < -0.3 is 15.0 Å². The number of nitrogens with zero attached hydrogens (tertiary/aromatic N) is 3. The molecule has 10 heteroatoms. The van der Waals surface area contributed by atoms with Crippen LogP contribution in [0.4, 0.5) is 13.2 Å². The van der Waals surface area contributed by atoms with Crippen molar-refractivity contribution in [1.82, 2.24) is 20.2 Å². The summed E-state index contributed by atoms with van der Waals surface area (Å²) in [5, 5.41) is 3.14. The molecule has 0 bridgehead atoms. The molecule has 5 rings (SSSR count). The molecular weight excluding hydrogens is 605 g/mol. The topological polar surface area (TPSA) is 84.4 Å². The van der Waals surface area contributed by atoms with Crippen LogP contribution in [-0.4, -0.2) is 52.4 Å². The predicted octanol–water partition coefficient (Wildman–Crippen LogP) is 7.23. The number of likely N-dealkylation sites (tertiary alicyclic amines) is 1. The number of carbonyl (C=O) groups excluding carboxylic acids is 2. The first-order valence-electron chi connectivity index (χ1n) is 15.9. The van der Waals surface area contributed by atoms with Crippen molar-refractivity contribution >= 4 is 11.9 Å². The van der Waals surface area contributed by atoms with Crippen LogP contribution in [0, 0.1) is 0 Å². The van der Waals surface area contributed by atoms with Crippen molar-refractivity contribution in [2.24, 2.45) is 0 Å². The summed E-state index contributed by atoms with van der Waals surface area (Å²) in [5.41, 5.74) is 2.21. The Hall–Kier alpha value is -4.57. The molecule has 0 saturated carbocycles. The van der Waals surface area contributed by atoms with Crippen LogP contribution in [0.15, 0.2) is 97.5 Å². The number of esters is 1. The van der Waals surface area contributed by atoms with Crippen molar-refractivity contribution < 1.29 is 27.5 Å². The Morgan fingerprint density at radius 1 is 0.915 bits per heavy atom. The Morgan fingerprint density at radius 2 is 1.62 bits per heavy atom. The van der Waals surface area contributed by atoms with Crippen LogP contribution < -0.4 is 5.32 Å². The summed E-state index contributed by atoms with van der Waals surface area (Å²) in [5.74, 6) is -0.504. The number of piperidine rings is 1. The molecule has 2 heterocycles. The van der Waals surface area contributed by atoms with Crippen molar-refractivity contribution in [3.05, 3.63) is 120 Å². The number of amides is 1. The summed E-state index contributed by atoms with van der Waals surface area (Å²) >= 11 is 0. The molecule has 1 amide bonds. The van der Waals surface area contributed by atoms with E-state index in [9.17, 15) is 22.8 Å². The minimum absolute atomic E-state index is 0.00125. The fourth-order valence-corrected chi connectivity index (χ4v) is 6.13. The first-order valence-corrected chi connectivity index (χ1v) is 15.9. The van der Waals surface area contributed by atoms with Crippen molar-refractivity contribution in [2.45, 2.75) is 63.3 Å². The van der Waals surface area contributed by atoms with Crippen molar-refractivity contribution in [3.8, 4) is 11.1 Å². The summed E-state index contributed by atoms with van der Waals surface area (Å²) < 4.78 is 44.7. The number of halogens is 3. The van der Waals surface area contributed by atoms with Crippen LogP contribution in [0.1, 0.15) is 66.2 Å².